The average molecular weight is 247 g/mol. The summed E-state index contributed by atoms with van der Waals surface area (Å²) >= 11 is 4.94. The number of nitrogens with zero attached hydrogens (tertiary/aromatic N) is 1. The van der Waals surface area contributed by atoms with Gasteiger partial charge in [0.05, 0.1) is 18.1 Å². The Balaban J connectivity index is 2.33. The minimum absolute atomic E-state index is 0.289. The zero-order valence-corrected chi connectivity index (χ0v) is 9.67. The molecule has 1 aromatic carbocycles. The van der Waals surface area contributed by atoms with Gasteiger partial charge in [0.2, 0.25) is 0 Å². The van der Waals surface area contributed by atoms with E-state index >= 15 is 0 Å². The molecule has 0 aliphatic heterocycles. The van der Waals surface area contributed by atoms with Crippen molar-refractivity contribution in [2.24, 2.45) is 5.73 Å². The summed E-state index contributed by atoms with van der Waals surface area (Å²) < 4.78 is 13.0. The van der Waals surface area contributed by atoms with E-state index in [0.717, 1.165) is 11.9 Å². The summed E-state index contributed by atoms with van der Waals surface area (Å²) in [6.45, 7) is 0. The van der Waals surface area contributed by atoms with Gasteiger partial charge in [-0.1, -0.05) is 24.4 Å². The molecule has 0 fully saturated rings. The van der Waals surface area contributed by atoms with Gasteiger partial charge in [-0.25, -0.2) is 4.39 Å². The number of hydrogen-bond donors (Lipinski definition) is 2. The summed E-state index contributed by atoms with van der Waals surface area (Å²) in [4.78, 5) is 4.04. The second kappa shape index (κ2) is 4.88. The van der Waals surface area contributed by atoms with Crippen LogP contribution in [-0.2, 0) is 0 Å². The molecule has 1 heterocycles. The summed E-state index contributed by atoms with van der Waals surface area (Å²) in [7, 11) is 0. The number of benzene rings is 1. The monoisotopic (exact) mass is 247 g/mol. The van der Waals surface area contributed by atoms with Crippen molar-refractivity contribution < 1.29 is 4.39 Å². The number of para-hydroxylation sites is 1. The highest BCUT2D eigenvalue weighted by Gasteiger charge is 2.04. The topological polar surface area (TPSA) is 50.9 Å². The molecule has 2 aromatic rings. The van der Waals surface area contributed by atoms with Crippen LogP contribution in [-0.4, -0.2) is 9.97 Å². The molecule has 3 N–H and O–H groups in total. The molecule has 86 valence electrons. The SMILES string of the molecule is NC(=S)c1ccccc1Nc1cncc(F)c1. The molecule has 0 saturated heterocycles. The first-order chi connectivity index (χ1) is 8.16. The third kappa shape index (κ3) is 2.76. The molecular weight excluding hydrogens is 237 g/mol. The Kier molecular flexibility index (Phi) is 3.30. The highest BCUT2D eigenvalue weighted by atomic mass is 32.1. The molecule has 0 spiro atoms. The molecule has 0 aliphatic rings. The van der Waals surface area contributed by atoms with Crippen molar-refractivity contribution in [1.82, 2.24) is 4.98 Å². The summed E-state index contributed by atoms with van der Waals surface area (Å²) in [5.41, 5.74) is 7.59. The Morgan fingerprint density at radius 3 is 2.76 bits per heavy atom. The summed E-state index contributed by atoms with van der Waals surface area (Å²) in [6, 6.07) is 8.65. The van der Waals surface area contributed by atoms with Gasteiger partial charge in [0.25, 0.3) is 0 Å². The number of nitrogens with two attached hydrogens (primary N) is 1. The second-order valence-electron chi connectivity index (χ2n) is 3.43. The second-order valence-corrected chi connectivity index (χ2v) is 3.87. The molecule has 0 amide bonds. The van der Waals surface area contributed by atoms with E-state index in [2.05, 4.69) is 10.3 Å². The third-order valence-electron chi connectivity index (χ3n) is 2.18. The Morgan fingerprint density at radius 2 is 2.06 bits per heavy atom. The zero-order chi connectivity index (χ0) is 12.3. The van der Waals surface area contributed by atoms with Crippen LogP contribution in [0, 0.1) is 5.82 Å². The fourth-order valence-corrected chi connectivity index (χ4v) is 1.62. The van der Waals surface area contributed by atoms with Gasteiger partial charge in [0.15, 0.2) is 0 Å². The van der Waals surface area contributed by atoms with Crippen LogP contribution in [0.2, 0.25) is 0 Å². The molecule has 0 atom stereocenters. The van der Waals surface area contributed by atoms with Gasteiger partial charge < -0.3 is 11.1 Å². The average Bonchev–Trinajstić information content (AvgIpc) is 2.29. The lowest BCUT2D eigenvalue weighted by Gasteiger charge is -2.10. The number of halogens is 1. The van der Waals surface area contributed by atoms with E-state index in [0.29, 0.717) is 11.3 Å². The minimum atomic E-state index is -0.400. The first kappa shape index (κ1) is 11.5. The van der Waals surface area contributed by atoms with Crippen LogP contribution in [0.25, 0.3) is 0 Å². The molecule has 17 heavy (non-hydrogen) atoms. The fourth-order valence-electron chi connectivity index (χ4n) is 1.44. The summed E-state index contributed by atoms with van der Waals surface area (Å²) in [5.74, 6) is -0.400. The number of rotatable bonds is 3. The highest BCUT2D eigenvalue weighted by Crippen LogP contribution is 2.20. The van der Waals surface area contributed by atoms with E-state index in [1.807, 2.05) is 18.2 Å². The third-order valence-corrected chi connectivity index (χ3v) is 2.40. The summed E-state index contributed by atoms with van der Waals surface area (Å²) in [5, 5.41) is 3.02. The number of thiocarbonyl (C=S) groups is 1. The van der Waals surface area contributed by atoms with Crippen molar-refractivity contribution in [3.63, 3.8) is 0 Å². The van der Waals surface area contributed by atoms with Crippen LogP contribution in [0.4, 0.5) is 15.8 Å². The molecule has 0 unspecified atom stereocenters. The van der Waals surface area contributed by atoms with Crippen LogP contribution in [0.5, 0.6) is 0 Å². The van der Waals surface area contributed by atoms with Crippen molar-refractivity contribution in [3.8, 4) is 0 Å². The van der Waals surface area contributed by atoms with Crippen LogP contribution in [0.15, 0.2) is 42.7 Å². The first-order valence-electron chi connectivity index (χ1n) is 4.93. The Hall–Kier alpha value is -2.01. The Morgan fingerprint density at radius 1 is 1.29 bits per heavy atom. The predicted molar refractivity (Wildman–Crippen MR) is 69.8 cm³/mol. The molecule has 2 rings (SSSR count). The van der Waals surface area contributed by atoms with Crippen molar-refractivity contribution >= 4 is 28.6 Å². The number of pyridine rings is 1. The standard InChI is InChI=1S/C12H10FN3S/c13-8-5-9(7-15-6-8)16-11-4-2-1-3-10(11)12(14)17/h1-7,16H,(H2,14,17). The zero-order valence-electron chi connectivity index (χ0n) is 8.85. The van der Waals surface area contributed by atoms with Gasteiger partial charge in [-0.3, -0.25) is 4.98 Å². The van der Waals surface area contributed by atoms with E-state index in [-0.39, 0.29) is 4.99 Å². The number of hydrogen-bond acceptors (Lipinski definition) is 3. The Bertz CT molecular complexity index is 557. The van der Waals surface area contributed by atoms with Gasteiger partial charge in [0.1, 0.15) is 10.8 Å². The normalized spacial score (nSPS) is 9.94. The van der Waals surface area contributed by atoms with E-state index in [1.54, 1.807) is 6.07 Å². The lowest BCUT2D eigenvalue weighted by Crippen LogP contribution is -2.11. The van der Waals surface area contributed by atoms with Crippen molar-refractivity contribution in [2.45, 2.75) is 0 Å². The summed E-state index contributed by atoms with van der Waals surface area (Å²) in [6.07, 6.45) is 2.67. The van der Waals surface area contributed by atoms with Crippen LogP contribution >= 0.6 is 12.2 Å². The van der Waals surface area contributed by atoms with E-state index in [4.69, 9.17) is 18.0 Å². The van der Waals surface area contributed by atoms with E-state index < -0.39 is 5.82 Å². The van der Waals surface area contributed by atoms with Crippen molar-refractivity contribution in [3.05, 3.63) is 54.1 Å². The largest absolute Gasteiger partial charge is 0.389 e. The van der Waals surface area contributed by atoms with Gasteiger partial charge in [-0.2, -0.15) is 0 Å². The number of anilines is 2. The molecule has 0 saturated carbocycles. The molecule has 3 nitrogen and oxygen atoms in total. The van der Waals surface area contributed by atoms with Crippen LogP contribution in [0.1, 0.15) is 5.56 Å². The molecular formula is C12H10FN3S. The maximum Gasteiger partial charge on any atom is 0.143 e. The van der Waals surface area contributed by atoms with Crippen LogP contribution < -0.4 is 11.1 Å². The van der Waals surface area contributed by atoms with Crippen molar-refractivity contribution in [1.29, 1.82) is 0 Å². The quantitative estimate of drug-likeness (QED) is 0.819. The van der Waals surface area contributed by atoms with Gasteiger partial charge in [0, 0.05) is 17.3 Å². The number of nitrogens with one attached hydrogen (secondary N) is 1. The first-order valence-corrected chi connectivity index (χ1v) is 5.34. The van der Waals surface area contributed by atoms with Crippen LogP contribution in [0.3, 0.4) is 0 Å². The van der Waals surface area contributed by atoms with E-state index in [1.165, 1.54) is 12.3 Å². The lowest BCUT2D eigenvalue weighted by molar-refractivity contribution is 0.622. The molecule has 1 aromatic heterocycles. The van der Waals surface area contributed by atoms with E-state index in [9.17, 15) is 4.39 Å². The molecule has 0 aliphatic carbocycles. The number of aromatic nitrogens is 1. The highest BCUT2D eigenvalue weighted by molar-refractivity contribution is 7.80. The minimum Gasteiger partial charge on any atom is -0.389 e. The van der Waals surface area contributed by atoms with Crippen molar-refractivity contribution in [2.75, 3.05) is 5.32 Å². The molecule has 0 radical (unpaired) electrons. The fraction of sp³-hybridized carbons (Fsp3) is 0. The predicted octanol–water partition coefficient (Wildman–Crippen LogP) is 2.60. The van der Waals surface area contributed by atoms with Gasteiger partial charge >= 0.3 is 0 Å². The lowest BCUT2D eigenvalue weighted by atomic mass is 10.1. The maximum atomic E-state index is 13.0. The smallest absolute Gasteiger partial charge is 0.143 e. The Labute approximate surface area is 103 Å². The molecule has 5 heteroatoms. The van der Waals surface area contributed by atoms with Gasteiger partial charge in [-0.05, 0) is 12.1 Å². The molecule has 0 bridgehead atoms. The maximum absolute atomic E-state index is 13.0. The van der Waals surface area contributed by atoms with Gasteiger partial charge in [-0.15, -0.1) is 0 Å².